The molecule has 0 spiro atoms. The minimum Gasteiger partial charge on any atom is -0.328 e. The van der Waals surface area contributed by atoms with Gasteiger partial charge in [0, 0.05) is 12.2 Å². The Morgan fingerprint density at radius 3 is 2.35 bits per heavy atom. The van der Waals surface area contributed by atoms with Crippen LogP contribution in [-0.4, -0.2) is 41.8 Å². The lowest BCUT2D eigenvalue weighted by atomic mass is 9.76. The Balaban J connectivity index is 1.41. The molecular formula is C29H31F3N4O3S. The second-order valence-electron chi connectivity index (χ2n) is 11.0. The van der Waals surface area contributed by atoms with Gasteiger partial charge in [0.2, 0.25) is 0 Å². The first-order valence-electron chi connectivity index (χ1n) is 13.4. The van der Waals surface area contributed by atoms with E-state index in [-0.39, 0.29) is 47.9 Å². The average Bonchev–Trinajstić information content (AvgIpc) is 2.89. The summed E-state index contributed by atoms with van der Waals surface area (Å²) in [6, 6.07) is 6.16. The summed E-state index contributed by atoms with van der Waals surface area (Å²) in [6.45, 7) is 2.14. The number of nitrogens with one attached hydrogen (secondary N) is 1. The van der Waals surface area contributed by atoms with E-state index in [0.29, 0.717) is 17.2 Å². The molecule has 11 heteroatoms. The number of pyridine rings is 2. The Bertz CT molecular complexity index is 1500. The summed E-state index contributed by atoms with van der Waals surface area (Å²) in [6.07, 6.45) is 6.28. The summed E-state index contributed by atoms with van der Waals surface area (Å²) < 4.78 is 68.7. The molecule has 7 nitrogen and oxygen atoms in total. The monoisotopic (exact) mass is 572 g/mol. The number of sulfone groups is 1. The number of carbonyl (C=O) groups is 1. The summed E-state index contributed by atoms with van der Waals surface area (Å²) in [5.41, 5.74) is 6.37. The fourth-order valence-corrected chi connectivity index (χ4v) is 7.48. The van der Waals surface area contributed by atoms with Crippen molar-refractivity contribution in [1.29, 1.82) is 0 Å². The topological polar surface area (TPSA) is 115 Å². The van der Waals surface area contributed by atoms with Crippen LogP contribution in [0.25, 0.3) is 11.3 Å². The molecule has 2 aliphatic rings. The quantitative estimate of drug-likeness (QED) is 0.427. The second-order valence-corrected chi connectivity index (χ2v) is 13.3. The Hall–Kier alpha value is -3.31. The van der Waals surface area contributed by atoms with Gasteiger partial charge in [-0.25, -0.2) is 26.6 Å². The highest BCUT2D eigenvalue weighted by atomic mass is 32.2. The van der Waals surface area contributed by atoms with E-state index in [0.717, 1.165) is 49.1 Å². The molecule has 1 aliphatic heterocycles. The molecule has 1 aromatic carbocycles. The fraction of sp³-hybridized carbons (Fsp3) is 0.414. The molecule has 3 N–H and O–H groups in total. The van der Waals surface area contributed by atoms with Gasteiger partial charge in [-0.3, -0.25) is 9.78 Å². The molecule has 1 saturated carbocycles. The van der Waals surface area contributed by atoms with Crippen LogP contribution in [-0.2, 0) is 9.84 Å². The maximum Gasteiger partial charge on any atom is 0.274 e. The number of hydrogen-bond donors (Lipinski definition) is 2. The molecule has 40 heavy (non-hydrogen) atoms. The van der Waals surface area contributed by atoms with E-state index in [4.69, 9.17) is 5.73 Å². The van der Waals surface area contributed by atoms with Crippen LogP contribution in [0.1, 0.15) is 72.5 Å². The van der Waals surface area contributed by atoms with E-state index in [1.165, 1.54) is 6.20 Å². The zero-order chi connectivity index (χ0) is 28.6. The molecule has 212 valence electrons. The molecule has 3 aromatic rings. The molecular weight excluding hydrogens is 541 g/mol. The van der Waals surface area contributed by atoms with Crippen LogP contribution in [0.4, 0.5) is 18.9 Å². The van der Waals surface area contributed by atoms with Crippen LogP contribution in [0.5, 0.6) is 0 Å². The molecule has 0 bridgehead atoms. The molecule has 1 aliphatic carbocycles. The van der Waals surface area contributed by atoms with Crippen LogP contribution >= 0.6 is 0 Å². The van der Waals surface area contributed by atoms with Gasteiger partial charge < -0.3 is 11.1 Å². The third kappa shape index (κ3) is 6.05. The molecule has 0 radical (unpaired) electrons. The van der Waals surface area contributed by atoms with Crippen molar-refractivity contribution in [3.05, 3.63) is 77.0 Å². The number of nitrogens with two attached hydrogens (primary N) is 1. The van der Waals surface area contributed by atoms with E-state index >= 15 is 8.78 Å². The van der Waals surface area contributed by atoms with Crippen molar-refractivity contribution in [2.45, 2.75) is 56.9 Å². The van der Waals surface area contributed by atoms with Crippen molar-refractivity contribution < 1.29 is 26.4 Å². The van der Waals surface area contributed by atoms with Gasteiger partial charge in [-0.2, -0.15) is 0 Å². The zero-order valence-corrected chi connectivity index (χ0v) is 22.9. The Morgan fingerprint density at radius 2 is 1.68 bits per heavy atom. The highest BCUT2D eigenvalue weighted by Gasteiger charge is 2.29. The normalized spacial score (nSPS) is 23.1. The lowest BCUT2D eigenvalue weighted by molar-refractivity contribution is 0.102. The third-order valence-electron chi connectivity index (χ3n) is 7.93. The highest BCUT2D eigenvalue weighted by molar-refractivity contribution is 7.91. The molecule has 3 atom stereocenters. The fourth-order valence-electron chi connectivity index (χ4n) is 5.98. The van der Waals surface area contributed by atoms with Gasteiger partial charge >= 0.3 is 0 Å². The van der Waals surface area contributed by atoms with Gasteiger partial charge in [-0.05, 0) is 91.3 Å². The number of carbonyl (C=O) groups excluding carboxylic acids is 1. The minimum atomic E-state index is -3.15. The van der Waals surface area contributed by atoms with Crippen LogP contribution < -0.4 is 11.1 Å². The van der Waals surface area contributed by atoms with Crippen molar-refractivity contribution in [2.24, 2.45) is 11.7 Å². The largest absolute Gasteiger partial charge is 0.328 e. The Morgan fingerprint density at radius 1 is 0.975 bits per heavy atom. The van der Waals surface area contributed by atoms with Gasteiger partial charge in [-0.15, -0.1) is 0 Å². The zero-order valence-electron chi connectivity index (χ0n) is 22.0. The molecule has 0 unspecified atom stereocenters. The average molecular weight is 573 g/mol. The number of benzene rings is 1. The van der Waals surface area contributed by atoms with Gasteiger partial charge in [0.05, 0.1) is 29.0 Å². The predicted octanol–water partition coefficient (Wildman–Crippen LogP) is 5.34. The standard InChI is InChI=1S/C29H31F3N4O3S/c1-16-10-19(12-20(33)11-16)21-4-7-34-15-26(21)36-29(37)25-3-2-22(30)28(35-25)27-23(31)13-18(14-24(27)32)17-5-8-40(38,39)9-6-17/h2-4,7,13-17,19-20H,5-6,8-12,33H2,1H3,(H,36,37)/t16-,19+,20-/m0/s1. The smallest absolute Gasteiger partial charge is 0.274 e. The summed E-state index contributed by atoms with van der Waals surface area (Å²) in [4.78, 5) is 21.3. The van der Waals surface area contributed by atoms with E-state index in [2.05, 4.69) is 22.2 Å². The SMILES string of the molecule is C[C@@H]1C[C@H](N)C[C@H](c2ccncc2NC(=O)c2ccc(F)c(-c3c(F)cc(C4CCS(=O)(=O)CC4)cc3F)n2)C1. The lowest BCUT2D eigenvalue weighted by Crippen LogP contribution is -2.31. The lowest BCUT2D eigenvalue weighted by Gasteiger charge is -2.32. The Labute approximate surface area is 231 Å². The van der Waals surface area contributed by atoms with E-state index in [1.54, 1.807) is 6.20 Å². The Kier molecular flexibility index (Phi) is 7.96. The number of hydrogen-bond acceptors (Lipinski definition) is 6. The molecule has 5 rings (SSSR count). The van der Waals surface area contributed by atoms with E-state index < -0.39 is 44.5 Å². The number of anilines is 1. The first-order chi connectivity index (χ1) is 19.0. The first kappa shape index (κ1) is 28.2. The number of aromatic nitrogens is 2. The highest BCUT2D eigenvalue weighted by Crippen LogP contribution is 2.39. The van der Waals surface area contributed by atoms with Crippen molar-refractivity contribution in [3.8, 4) is 11.3 Å². The second kappa shape index (κ2) is 11.3. The van der Waals surface area contributed by atoms with Crippen LogP contribution in [0.3, 0.4) is 0 Å². The number of amides is 1. The molecule has 2 fully saturated rings. The first-order valence-corrected chi connectivity index (χ1v) is 15.2. The molecule has 3 heterocycles. The molecule has 1 saturated heterocycles. The van der Waals surface area contributed by atoms with Crippen molar-refractivity contribution in [3.63, 3.8) is 0 Å². The van der Waals surface area contributed by atoms with Crippen LogP contribution in [0.15, 0.2) is 42.7 Å². The summed E-state index contributed by atoms with van der Waals surface area (Å²) in [7, 11) is -3.15. The maximum absolute atomic E-state index is 15.2. The predicted molar refractivity (Wildman–Crippen MR) is 146 cm³/mol. The van der Waals surface area contributed by atoms with Gasteiger partial charge in [0.25, 0.3) is 5.91 Å². The maximum atomic E-state index is 15.2. The molecule has 1 amide bonds. The third-order valence-corrected chi connectivity index (χ3v) is 9.64. The van der Waals surface area contributed by atoms with Crippen LogP contribution in [0, 0.1) is 23.4 Å². The van der Waals surface area contributed by atoms with E-state index in [9.17, 15) is 17.6 Å². The van der Waals surface area contributed by atoms with Crippen molar-refractivity contribution >= 4 is 21.4 Å². The van der Waals surface area contributed by atoms with E-state index in [1.807, 2.05) is 6.07 Å². The van der Waals surface area contributed by atoms with Crippen molar-refractivity contribution in [2.75, 3.05) is 16.8 Å². The van der Waals surface area contributed by atoms with Gasteiger partial charge in [-0.1, -0.05) is 6.92 Å². The minimum absolute atomic E-state index is 0.0501. The summed E-state index contributed by atoms with van der Waals surface area (Å²) in [5, 5.41) is 2.78. The summed E-state index contributed by atoms with van der Waals surface area (Å²) >= 11 is 0. The van der Waals surface area contributed by atoms with Gasteiger partial charge in [0.15, 0.2) is 0 Å². The van der Waals surface area contributed by atoms with Gasteiger partial charge in [0.1, 0.15) is 38.7 Å². The summed E-state index contributed by atoms with van der Waals surface area (Å²) in [5.74, 6) is -3.62. The number of nitrogens with zero attached hydrogens (tertiary/aromatic N) is 2. The van der Waals surface area contributed by atoms with Crippen LogP contribution in [0.2, 0.25) is 0 Å². The number of rotatable bonds is 5. The van der Waals surface area contributed by atoms with Crippen molar-refractivity contribution in [1.82, 2.24) is 9.97 Å². The molecule has 2 aromatic heterocycles. The number of halogens is 3.